The first-order chi connectivity index (χ1) is 10.8. The van der Waals surface area contributed by atoms with Crippen LogP contribution < -0.4 is 9.13 Å². The number of rotatable bonds is 11. The van der Waals surface area contributed by atoms with Gasteiger partial charge in [0.25, 0.3) is 0 Å². The Bertz CT molecular complexity index is 495. The Morgan fingerprint density at radius 2 is 0.923 bits per heavy atom. The molecule has 2 aromatic rings. The Balaban J connectivity index is -0.00000132. The van der Waals surface area contributed by atoms with Crippen molar-refractivity contribution in [2.24, 2.45) is 0 Å². The molecule has 0 aromatic carbocycles. The zero-order valence-electron chi connectivity index (χ0n) is 16.0. The van der Waals surface area contributed by atoms with Crippen molar-refractivity contribution >= 4 is 67.9 Å². The molecule has 0 spiro atoms. The molecule has 0 aliphatic heterocycles. The van der Waals surface area contributed by atoms with Gasteiger partial charge in [0.05, 0.1) is 26.2 Å². The Kier molecular flexibility index (Phi) is 22.3. The molecule has 0 aliphatic carbocycles. The number of halogens is 4. The van der Waals surface area contributed by atoms with Gasteiger partial charge in [-0.15, -0.1) is 67.9 Å². The summed E-state index contributed by atoms with van der Waals surface area (Å²) in [5.74, 6) is 0. The van der Waals surface area contributed by atoms with E-state index in [2.05, 4.69) is 69.6 Å². The third kappa shape index (κ3) is 11.9. The first kappa shape index (κ1) is 31.0. The van der Waals surface area contributed by atoms with Crippen molar-refractivity contribution < 1.29 is 9.13 Å². The van der Waals surface area contributed by atoms with E-state index < -0.39 is 0 Å². The average molecular weight is 628 g/mol. The average Bonchev–Trinajstić information content (AvgIpc) is 3.18. The summed E-state index contributed by atoms with van der Waals surface area (Å²) in [6.07, 6.45) is 21.1. The van der Waals surface area contributed by atoms with Crippen LogP contribution in [-0.2, 0) is 26.2 Å². The third-order valence-electron chi connectivity index (χ3n) is 4.31. The SMILES string of the molecule is Br.Br.Br.Br.CCn1cc[n+](CCCCCCCC[n+]2ccn(CC)c2)c1. The van der Waals surface area contributed by atoms with Crippen molar-refractivity contribution in [1.82, 2.24) is 9.13 Å². The predicted octanol–water partition coefficient (Wildman–Crippen LogP) is 5.26. The van der Waals surface area contributed by atoms with Crippen molar-refractivity contribution in [3.05, 3.63) is 37.4 Å². The summed E-state index contributed by atoms with van der Waals surface area (Å²) in [6, 6.07) is 0. The van der Waals surface area contributed by atoms with Crippen LogP contribution in [0.25, 0.3) is 0 Å². The summed E-state index contributed by atoms with van der Waals surface area (Å²) in [5, 5.41) is 0. The molecule has 0 aliphatic rings. The quantitative estimate of drug-likeness (QED) is 0.239. The standard InChI is InChI=1S/C18H32N4.4BrH/c1-3-19-13-15-21(17-19)11-9-7-5-6-8-10-12-22-16-14-20(4-2)18-22;;;;/h13-18H,3-12H2,1-2H3;4*1H/q+2;;;;. The van der Waals surface area contributed by atoms with Crippen LogP contribution in [0.1, 0.15) is 52.4 Å². The highest BCUT2D eigenvalue weighted by molar-refractivity contribution is 8.93. The molecule has 0 radical (unpaired) electrons. The second-order valence-corrected chi connectivity index (χ2v) is 6.09. The molecule has 154 valence electrons. The van der Waals surface area contributed by atoms with Gasteiger partial charge in [0.15, 0.2) is 0 Å². The Morgan fingerprint density at radius 1 is 0.577 bits per heavy atom. The van der Waals surface area contributed by atoms with Crippen LogP contribution in [0.2, 0.25) is 0 Å². The molecule has 0 fully saturated rings. The van der Waals surface area contributed by atoms with E-state index in [4.69, 9.17) is 0 Å². The molecule has 0 N–H and O–H groups in total. The summed E-state index contributed by atoms with van der Waals surface area (Å²) in [7, 11) is 0. The lowest BCUT2D eigenvalue weighted by molar-refractivity contribution is -0.697. The lowest BCUT2D eigenvalue weighted by Gasteiger charge is -2.00. The molecule has 26 heavy (non-hydrogen) atoms. The van der Waals surface area contributed by atoms with Gasteiger partial charge in [-0.1, -0.05) is 12.8 Å². The molecule has 0 unspecified atom stereocenters. The monoisotopic (exact) mass is 624 g/mol. The smallest absolute Gasteiger partial charge is 0.237 e. The summed E-state index contributed by atoms with van der Waals surface area (Å²) in [4.78, 5) is 0. The topological polar surface area (TPSA) is 17.6 Å². The van der Waals surface area contributed by atoms with E-state index in [0.29, 0.717) is 0 Å². The molecule has 0 saturated carbocycles. The highest BCUT2D eigenvalue weighted by Gasteiger charge is 2.02. The van der Waals surface area contributed by atoms with Crippen LogP contribution in [0, 0.1) is 0 Å². The summed E-state index contributed by atoms with van der Waals surface area (Å²) in [5.41, 5.74) is 0. The number of aromatic nitrogens is 4. The number of hydrogen-bond donors (Lipinski definition) is 0. The summed E-state index contributed by atoms with van der Waals surface area (Å²) < 4.78 is 9.06. The summed E-state index contributed by atoms with van der Waals surface area (Å²) >= 11 is 0. The number of aryl methyl sites for hydroxylation is 4. The minimum absolute atomic E-state index is 0. The van der Waals surface area contributed by atoms with Crippen LogP contribution in [-0.4, -0.2) is 9.13 Å². The van der Waals surface area contributed by atoms with Gasteiger partial charge < -0.3 is 0 Å². The molecular weight excluding hydrogens is 592 g/mol. The molecule has 0 amide bonds. The van der Waals surface area contributed by atoms with E-state index >= 15 is 0 Å². The molecule has 0 atom stereocenters. The molecule has 0 saturated heterocycles. The fourth-order valence-electron chi connectivity index (χ4n) is 2.81. The third-order valence-corrected chi connectivity index (χ3v) is 4.31. The lowest BCUT2D eigenvalue weighted by Crippen LogP contribution is -2.31. The Morgan fingerprint density at radius 3 is 1.23 bits per heavy atom. The molecule has 2 aromatic heterocycles. The lowest BCUT2D eigenvalue weighted by atomic mass is 10.1. The van der Waals surface area contributed by atoms with Gasteiger partial charge >= 0.3 is 0 Å². The fraction of sp³-hybridized carbons (Fsp3) is 0.667. The largest absolute Gasteiger partial charge is 0.243 e. The van der Waals surface area contributed by atoms with Crippen LogP contribution in [0.15, 0.2) is 37.4 Å². The Hall–Kier alpha value is 0.340. The van der Waals surface area contributed by atoms with Crippen molar-refractivity contribution in [2.45, 2.75) is 78.6 Å². The van der Waals surface area contributed by atoms with E-state index in [1.54, 1.807) is 0 Å². The maximum Gasteiger partial charge on any atom is 0.243 e. The first-order valence-corrected chi connectivity index (χ1v) is 8.91. The predicted molar refractivity (Wildman–Crippen MR) is 130 cm³/mol. The minimum Gasteiger partial charge on any atom is -0.237 e. The van der Waals surface area contributed by atoms with Gasteiger partial charge in [-0.05, 0) is 39.5 Å². The zero-order valence-corrected chi connectivity index (χ0v) is 22.8. The fourth-order valence-corrected chi connectivity index (χ4v) is 2.81. The van der Waals surface area contributed by atoms with Gasteiger partial charge in [0.1, 0.15) is 24.8 Å². The number of hydrogen-bond acceptors (Lipinski definition) is 0. The van der Waals surface area contributed by atoms with Gasteiger partial charge in [0.2, 0.25) is 12.7 Å². The molecule has 8 heteroatoms. The maximum atomic E-state index is 2.30. The van der Waals surface area contributed by atoms with E-state index in [1.807, 2.05) is 0 Å². The molecule has 2 rings (SSSR count). The molecular formula is C18H36Br4N4+2. The van der Waals surface area contributed by atoms with Crippen LogP contribution >= 0.6 is 67.9 Å². The highest BCUT2D eigenvalue weighted by atomic mass is 79.9. The number of nitrogens with zero attached hydrogens (tertiary/aromatic N) is 4. The minimum atomic E-state index is 0. The van der Waals surface area contributed by atoms with E-state index in [-0.39, 0.29) is 67.9 Å². The van der Waals surface area contributed by atoms with Gasteiger partial charge in [-0.3, -0.25) is 0 Å². The maximum absolute atomic E-state index is 2.30. The normalized spacial score (nSPS) is 9.46. The van der Waals surface area contributed by atoms with Gasteiger partial charge in [-0.25, -0.2) is 18.3 Å². The number of imidazole rings is 2. The Labute approximate surface area is 201 Å². The second-order valence-electron chi connectivity index (χ2n) is 6.09. The van der Waals surface area contributed by atoms with Crippen LogP contribution in [0.4, 0.5) is 0 Å². The second kappa shape index (κ2) is 18.7. The van der Waals surface area contributed by atoms with Gasteiger partial charge in [-0.2, -0.15) is 0 Å². The zero-order chi connectivity index (χ0) is 15.6. The van der Waals surface area contributed by atoms with E-state index in [0.717, 1.165) is 26.2 Å². The van der Waals surface area contributed by atoms with Crippen molar-refractivity contribution in [2.75, 3.05) is 0 Å². The van der Waals surface area contributed by atoms with Crippen molar-refractivity contribution in [1.29, 1.82) is 0 Å². The molecule has 0 bridgehead atoms. The molecule has 2 heterocycles. The van der Waals surface area contributed by atoms with Crippen LogP contribution in [0.5, 0.6) is 0 Å². The van der Waals surface area contributed by atoms with Crippen molar-refractivity contribution in [3.63, 3.8) is 0 Å². The summed E-state index contributed by atoms with van der Waals surface area (Å²) in [6.45, 7) is 8.81. The van der Waals surface area contributed by atoms with E-state index in [9.17, 15) is 0 Å². The van der Waals surface area contributed by atoms with Crippen molar-refractivity contribution in [3.8, 4) is 0 Å². The highest BCUT2D eigenvalue weighted by Crippen LogP contribution is 2.05. The number of unbranched alkanes of at least 4 members (excludes halogenated alkanes) is 5. The first-order valence-electron chi connectivity index (χ1n) is 8.91. The van der Waals surface area contributed by atoms with Crippen LogP contribution in [0.3, 0.4) is 0 Å². The van der Waals surface area contributed by atoms with Gasteiger partial charge in [0, 0.05) is 0 Å². The van der Waals surface area contributed by atoms with E-state index in [1.165, 1.54) is 38.5 Å². The molecule has 4 nitrogen and oxygen atoms in total.